The van der Waals surface area contributed by atoms with Gasteiger partial charge in [-0.05, 0) is 50.0 Å². The smallest absolute Gasteiger partial charge is 0.244 e. The first-order valence-electron chi connectivity index (χ1n) is 10.8. The van der Waals surface area contributed by atoms with Crippen LogP contribution < -0.4 is 5.32 Å². The lowest BCUT2D eigenvalue weighted by atomic mass is 10.1. The van der Waals surface area contributed by atoms with Crippen LogP contribution in [0.1, 0.15) is 17.2 Å². The van der Waals surface area contributed by atoms with E-state index in [-0.39, 0.29) is 11.9 Å². The number of nitrogens with one attached hydrogen (secondary N) is 1. The molecule has 1 amide bonds. The summed E-state index contributed by atoms with van der Waals surface area (Å²) < 4.78 is 1.82. The maximum Gasteiger partial charge on any atom is 0.244 e. The molecule has 4 rings (SSSR count). The van der Waals surface area contributed by atoms with Gasteiger partial charge < -0.3 is 10.2 Å². The minimum Gasteiger partial charge on any atom is -0.351 e. The molecule has 2 aromatic carbocycles. The predicted molar refractivity (Wildman–Crippen MR) is 132 cm³/mol. The molecular formula is C27H27N5O. The van der Waals surface area contributed by atoms with E-state index in [1.54, 1.807) is 24.5 Å². The fraction of sp³-hybridized carbons (Fsp3) is 0.148. The van der Waals surface area contributed by atoms with Gasteiger partial charge in [-0.3, -0.25) is 9.78 Å². The van der Waals surface area contributed by atoms with Crippen molar-refractivity contribution in [3.63, 3.8) is 0 Å². The Morgan fingerprint density at radius 1 is 1.03 bits per heavy atom. The van der Waals surface area contributed by atoms with Gasteiger partial charge in [-0.15, -0.1) is 0 Å². The SMILES string of the molecule is CN(C)C(CNC(=O)/C=C/c1cn(-c2ccccc2)nc1-c1cccnc1)c1ccccc1. The molecule has 2 aromatic heterocycles. The zero-order chi connectivity index (χ0) is 23.0. The second kappa shape index (κ2) is 10.5. The number of amides is 1. The highest BCUT2D eigenvalue weighted by molar-refractivity contribution is 5.92. The molecular weight excluding hydrogens is 410 g/mol. The Kier molecular flexibility index (Phi) is 7.07. The van der Waals surface area contributed by atoms with Gasteiger partial charge in [-0.2, -0.15) is 5.10 Å². The largest absolute Gasteiger partial charge is 0.351 e. The molecule has 6 nitrogen and oxygen atoms in total. The van der Waals surface area contributed by atoms with Gasteiger partial charge in [0.2, 0.25) is 5.91 Å². The fourth-order valence-electron chi connectivity index (χ4n) is 3.64. The Labute approximate surface area is 194 Å². The van der Waals surface area contributed by atoms with E-state index >= 15 is 0 Å². The Bertz CT molecular complexity index is 1200. The van der Waals surface area contributed by atoms with Gasteiger partial charge in [0.25, 0.3) is 0 Å². The number of carbonyl (C=O) groups is 1. The maximum absolute atomic E-state index is 12.6. The molecule has 2 heterocycles. The van der Waals surface area contributed by atoms with Crippen LogP contribution in [-0.2, 0) is 4.79 Å². The molecule has 0 fully saturated rings. The average molecular weight is 438 g/mol. The molecule has 6 heteroatoms. The van der Waals surface area contributed by atoms with Crippen LogP contribution in [0.5, 0.6) is 0 Å². The van der Waals surface area contributed by atoms with Gasteiger partial charge in [-0.25, -0.2) is 4.68 Å². The first-order valence-corrected chi connectivity index (χ1v) is 10.8. The lowest BCUT2D eigenvalue weighted by Crippen LogP contribution is -2.33. The topological polar surface area (TPSA) is 63.1 Å². The Morgan fingerprint density at radius 2 is 1.76 bits per heavy atom. The van der Waals surface area contributed by atoms with Crippen molar-refractivity contribution in [1.82, 2.24) is 25.0 Å². The molecule has 0 aliphatic rings. The summed E-state index contributed by atoms with van der Waals surface area (Å²) in [5.74, 6) is -0.151. The molecule has 0 spiro atoms. The lowest BCUT2D eigenvalue weighted by Gasteiger charge is -2.24. The highest BCUT2D eigenvalue weighted by atomic mass is 16.1. The van der Waals surface area contributed by atoms with E-state index in [1.165, 1.54) is 0 Å². The second-order valence-electron chi connectivity index (χ2n) is 7.92. The van der Waals surface area contributed by atoms with Crippen molar-refractivity contribution in [3.8, 4) is 16.9 Å². The van der Waals surface area contributed by atoms with Crippen molar-refractivity contribution in [2.45, 2.75) is 6.04 Å². The number of aromatic nitrogens is 3. The van der Waals surface area contributed by atoms with E-state index in [0.717, 1.165) is 28.1 Å². The molecule has 0 aliphatic carbocycles. The van der Waals surface area contributed by atoms with Gasteiger partial charge in [0.15, 0.2) is 0 Å². The quantitative estimate of drug-likeness (QED) is 0.416. The molecule has 166 valence electrons. The van der Waals surface area contributed by atoms with Crippen LogP contribution in [0.2, 0.25) is 0 Å². The third kappa shape index (κ3) is 5.61. The van der Waals surface area contributed by atoms with Crippen molar-refractivity contribution < 1.29 is 4.79 Å². The van der Waals surface area contributed by atoms with Crippen molar-refractivity contribution in [3.05, 3.63) is 109 Å². The number of nitrogens with zero attached hydrogens (tertiary/aromatic N) is 4. The summed E-state index contributed by atoms with van der Waals surface area (Å²) in [4.78, 5) is 19.0. The monoisotopic (exact) mass is 437 g/mol. The summed E-state index contributed by atoms with van der Waals surface area (Å²) in [7, 11) is 4.02. The van der Waals surface area contributed by atoms with Gasteiger partial charge >= 0.3 is 0 Å². The highest BCUT2D eigenvalue weighted by Crippen LogP contribution is 2.24. The van der Waals surface area contributed by atoms with Gasteiger partial charge in [0.05, 0.1) is 11.7 Å². The standard InChI is InChI=1S/C27H27N5O/c1-31(2)25(21-10-5-3-6-11-21)19-29-26(33)16-15-23-20-32(24-13-7-4-8-14-24)30-27(23)22-12-9-17-28-18-22/h3-18,20,25H,19H2,1-2H3,(H,29,33)/b16-15+. The van der Waals surface area contributed by atoms with Crippen LogP contribution in [0.4, 0.5) is 0 Å². The number of para-hydroxylation sites is 1. The third-order valence-corrected chi connectivity index (χ3v) is 5.39. The summed E-state index contributed by atoms with van der Waals surface area (Å²) in [5, 5.41) is 7.78. The molecule has 33 heavy (non-hydrogen) atoms. The molecule has 0 saturated heterocycles. The number of benzene rings is 2. The number of likely N-dealkylation sites (N-methyl/N-ethyl adjacent to an activating group) is 1. The van der Waals surface area contributed by atoms with E-state index in [1.807, 2.05) is 85.6 Å². The zero-order valence-corrected chi connectivity index (χ0v) is 18.8. The van der Waals surface area contributed by atoms with Gasteiger partial charge in [0.1, 0.15) is 5.69 Å². The van der Waals surface area contributed by atoms with Crippen molar-refractivity contribution in [2.24, 2.45) is 0 Å². The van der Waals surface area contributed by atoms with E-state index in [2.05, 4.69) is 27.3 Å². The molecule has 1 N–H and O–H groups in total. The van der Waals surface area contributed by atoms with E-state index in [9.17, 15) is 4.79 Å². The summed E-state index contributed by atoms with van der Waals surface area (Å²) in [6, 6.07) is 24.0. The second-order valence-corrected chi connectivity index (χ2v) is 7.92. The number of rotatable bonds is 8. The number of hydrogen-bond acceptors (Lipinski definition) is 4. The lowest BCUT2D eigenvalue weighted by molar-refractivity contribution is -0.116. The first-order chi connectivity index (χ1) is 16.1. The summed E-state index contributed by atoms with van der Waals surface area (Å²) in [6.45, 7) is 0.513. The molecule has 1 atom stereocenters. The van der Waals surface area contributed by atoms with E-state index in [4.69, 9.17) is 5.10 Å². The molecule has 0 radical (unpaired) electrons. The summed E-state index contributed by atoms with van der Waals surface area (Å²) >= 11 is 0. The van der Waals surface area contributed by atoms with Crippen LogP contribution in [0, 0.1) is 0 Å². The minimum atomic E-state index is -0.151. The number of hydrogen-bond donors (Lipinski definition) is 1. The van der Waals surface area contributed by atoms with Crippen molar-refractivity contribution >= 4 is 12.0 Å². The molecule has 0 bridgehead atoms. The normalized spacial score (nSPS) is 12.2. The number of carbonyl (C=O) groups excluding carboxylic acids is 1. The van der Waals surface area contributed by atoms with Crippen molar-refractivity contribution in [1.29, 1.82) is 0 Å². The number of pyridine rings is 1. The van der Waals surface area contributed by atoms with Crippen LogP contribution in [0.15, 0.2) is 97.5 Å². The molecule has 1 unspecified atom stereocenters. The maximum atomic E-state index is 12.6. The minimum absolute atomic E-state index is 0.0929. The predicted octanol–water partition coefficient (Wildman–Crippen LogP) is 4.37. The van der Waals surface area contributed by atoms with Crippen LogP contribution in [-0.4, -0.2) is 46.2 Å². The van der Waals surface area contributed by atoms with E-state index in [0.29, 0.717) is 6.54 Å². The fourth-order valence-corrected chi connectivity index (χ4v) is 3.64. The highest BCUT2D eigenvalue weighted by Gasteiger charge is 2.15. The third-order valence-electron chi connectivity index (χ3n) is 5.39. The Morgan fingerprint density at radius 3 is 2.42 bits per heavy atom. The van der Waals surface area contributed by atoms with Gasteiger partial charge in [0, 0.05) is 42.3 Å². The average Bonchev–Trinajstić information content (AvgIpc) is 3.29. The Hall–Kier alpha value is -4.03. The summed E-state index contributed by atoms with van der Waals surface area (Å²) in [6.07, 6.45) is 8.79. The summed E-state index contributed by atoms with van der Waals surface area (Å²) in [5.41, 5.74) is 4.61. The van der Waals surface area contributed by atoms with Crippen molar-refractivity contribution in [2.75, 3.05) is 20.6 Å². The van der Waals surface area contributed by atoms with Crippen LogP contribution in [0.3, 0.4) is 0 Å². The molecule has 0 saturated carbocycles. The molecule has 4 aromatic rings. The Balaban J connectivity index is 1.53. The van der Waals surface area contributed by atoms with Gasteiger partial charge in [-0.1, -0.05) is 48.5 Å². The first kappa shape index (κ1) is 22.2. The zero-order valence-electron chi connectivity index (χ0n) is 18.8. The van der Waals surface area contributed by atoms with Crippen LogP contribution >= 0.6 is 0 Å². The van der Waals surface area contributed by atoms with E-state index < -0.39 is 0 Å². The van der Waals surface area contributed by atoms with Crippen LogP contribution in [0.25, 0.3) is 23.0 Å². The molecule has 0 aliphatic heterocycles.